The molecule has 1 N–H and O–H groups in total. The van der Waals surface area contributed by atoms with Crippen molar-refractivity contribution in [2.24, 2.45) is 5.92 Å². The van der Waals surface area contributed by atoms with E-state index >= 15 is 0 Å². The van der Waals surface area contributed by atoms with Gasteiger partial charge in [-0.2, -0.15) is 11.8 Å². The summed E-state index contributed by atoms with van der Waals surface area (Å²) in [5.74, 6) is 1.43. The number of amides is 1. The van der Waals surface area contributed by atoms with Gasteiger partial charge in [0.2, 0.25) is 5.91 Å². The van der Waals surface area contributed by atoms with Crippen LogP contribution in [0.4, 0.5) is 4.39 Å². The summed E-state index contributed by atoms with van der Waals surface area (Å²) in [5.41, 5.74) is 0.540. The van der Waals surface area contributed by atoms with Crippen molar-refractivity contribution in [3.63, 3.8) is 0 Å². The molecule has 2 rings (SSSR count). The summed E-state index contributed by atoms with van der Waals surface area (Å²) < 4.78 is 13.4. The van der Waals surface area contributed by atoms with Gasteiger partial charge in [-0.3, -0.25) is 4.79 Å². The molecule has 1 aromatic carbocycles. The van der Waals surface area contributed by atoms with Gasteiger partial charge in [0.25, 0.3) is 0 Å². The molecule has 1 aliphatic carbocycles. The zero-order valence-corrected chi connectivity index (χ0v) is 11.5. The van der Waals surface area contributed by atoms with Gasteiger partial charge < -0.3 is 5.32 Å². The summed E-state index contributed by atoms with van der Waals surface area (Å²) in [4.78, 5) is 11.3. The van der Waals surface area contributed by atoms with Crippen molar-refractivity contribution in [2.75, 3.05) is 12.3 Å². The van der Waals surface area contributed by atoms with Crippen molar-refractivity contribution >= 4 is 29.3 Å². The molecule has 0 spiro atoms. The zero-order valence-electron chi connectivity index (χ0n) is 9.92. The van der Waals surface area contributed by atoms with Gasteiger partial charge in [0.05, 0.1) is 0 Å². The van der Waals surface area contributed by atoms with E-state index in [1.807, 2.05) is 0 Å². The maximum atomic E-state index is 13.4. The highest BCUT2D eigenvalue weighted by atomic mass is 35.5. The quantitative estimate of drug-likeness (QED) is 0.814. The van der Waals surface area contributed by atoms with E-state index in [1.165, 1.54) is 6.07 Å². The minimum Gasteiger partial charge on any atom is -0.355 e. The Morgan fingerprint density at radius 3 is 2.94 bits per heavy atom. The molecule has 98 valence electrons. The van der Waals surface area contributed by atoms with Crippen LogP contribution in [0.15, 0.2) is 18.2 Å². The second-order valence-corrected chi connectivity index (χ2v) is 5.83. The van der Waals surface area contributed by atoms with Crippen LogP contribution in [0.2, 0.25) is 5.02 Å². The van der Waals surface area contributed by atoms with Crippen molar-refractivity contribution in [1.82, 2.24) is 5.32 Å². The molecular weight excluding hydrogens is 273 g/mol. The van der Waals surface area contributed by atoms with Crippen molar-refractivity contribution in [3.05, 3.63) is 34.6 Å². The van der Waals surface area contributed by atoms with Crippen LogP contribution in [-0.4, -0.2) is 18.2 Å². The predicted molar refractivity (Wildman–Crippen MR) is 73.3 cm³/mol. The number of hydrogen-bond acceptors (Lipinski definition) is 2. The van der Waals surface area contributed by atoms with Crippen molar-refractivity contribution < 1.29 is 9.18 Å². The number of halogens is 2. The summed E-state index contributed by atoms with van der Waals surface area (Å²) >= 11 is 7.49. The molecule has 0 radical (unpaired) electrons. The van der Waals surface area contributed by atoms with E-state index in [-0.39, 0.29) is 17.6 Å². The van der Waals surface area contributed by atoms with Gasteiger partial charge in [0.1, 0.15) is 5.82 Å². The summed E-state index contributed by atoms with van der Waals surface area (Å²) in [5, 5.41) is 3.34. The van der Waals surface area contributed by atoms with Crippen LogP contribution in [0, 0.1) is 11.7 Å². The largest absolute Gasteiger partial charge is 0.355 e. The molecule has 1 aromatic rings. The van der Waals surface area contributed by atoms with E-state index in [9.17, 15) is 9.18 Å². The average Bonchev–Trinajstić information content (AvgIpc) is 3.15. The minimum absolute atomic E-state index is 0.152. The molecule has 1 saturated carbocycles. The van der Waals surface area contributed by atoms with Crippen molar-refractivity contribution in [2.45, 2.75) is 18.6 Å². The molecule has 0 saturated heterocycles. The molecule has 0 aliphatic heterocycles. The number of rotatable bonds is 6. The predicted octanol–water partition coefficient (Wildman–Crippen LogP) is 3.24. The SMILES string of the molecule is O=C(NCCSCc1c(F)cccc1Cl)C1CC1. The molecule has 0 bridgehead atoms. The molecule has 0 aromatic heterocycles. The van der Waals surface area contributed by atoms with Crippen LogP contribution in [-0.2, 0) is 10.5 Å². The standard InChI is InChI=1S/C13H15ClFNOS/c14-11-2-1-3-12(15)10(11)8-18-7-6-16-13(17)9-4-5-9/h1-3,9H,4-8H2,(H,16,17). The topological polar surface area (TPSA) is 29.1 Å². The number of benzene rings is 1. The molecular formula is C13H15ClFNOS. The fourth-order valence-electron chi connectivity index (χ4n) is 1.58. The summed E-state index contributed by atoms with van der Waals surface area (Å²) in [7, 11) is 0. The second-order valence-electron chi connectivity index (χ2n) is 4.32. The highest BCUT2D eigenvalue weighted by Gasteiger charge is 2.28. The third-order valence-corrected chi connectivity index (χ3v) is 4.14. The number of nitrogens with one attached hydrogen (secondary N) is 1. The first-order valence-corrected chi connectivity index (χ1v) is 7.50. The highest BCUT2D eigenvalue weighted by Crippen LogP contribution is 2.28. The fraction of sp³-hybridized carbons (Fsp3) is 0.462. The van der Waals surface area contributed by atoms with Gasteiger partial charge in [0.15, 0.2) is 0 Å². The number of carbonyl (C=O) groups is 1. The highest BCUT2D eigenvalue weighted by molar-refractivity contribution is 7.98. The van der Waals surface area contributed by atoms with Gasteiger partial charge in [-0.15, -0.1) is 0 Å². The smallest absolute Gasteiger partial charge is 0.223 e. The Morgan fingerprint density at radius 1 is 1.50 bits per heavy atom. The molecule has 1 amide bonds. The Bertz CT molecular complexity index is 417. The monoisotopic (exact) mass is 287 g/mol. The third-order valence-electron chi connectivity index (χ3n) is 2.80. The van der Waals surface area contributed by atoms with E-state index in [2.05, 4.69) is 5.32 Å². The van der Waals surface area contributed by atoms with E-state index in [4.69, 9.17) is 11.6 Å². The maximum absolute atomic E-state index is 13.4. The second kappa shape index (κ2) is 6.43. The Hall–Kier alpha value is -0.740. The van der Waals surface area contributed by atoms with Crippen LogP contribution < -0.4 is 5.32 Å². The lowest BCUT2D eigenvalue weighted by molar-refractivity contribution is -0.122. The molecule has 2 nitrogen and oxygen atoms in total. The van der Waals surface area contributed by atoms with Gasteiger partial charge in [-0.25, -0.2) is 4.39 Å². The Morgan fingerprint density at radius 2 is 2.28 bits per heavy atom. The van der Waals surface area contributed by atoms with Gasteiger partial charge in [-0.05, 0) is 25.0 Å². The van der Waals surface area contributed by atoms with Crippen LogP contribution in [0.5, 0.6) is 0 Å². The molecule has 0 heterocycles. The maximum Gasteiger partial charge on any atom is 0.223 e. The number of hydrogen-bond donors (Lipinski definition) is 1. The van der Waals surface area contributed by atoms with Crippen LogP contribution in [0.3, 0.4) is 0 Å². The fourth-order valence-corrected chi connectivity index (χ4v) is 2.78. The number of thioether (sulfide) groups is 1. The lowest BCUT2D eigenvalue weighted by atomic mass is 10.2. The van der Waals surface area contributed by atoms with Crippen molar-refractivity contribution in [3.8, 4) is 0 Å². The minimum atomic E-state index is -0.267. The van der Waals surface area contributed by atoms with E-state index in [1.54, 1.807) is 23.9 Å². The first kappa shape index (κ1) is 13.7. The first-order valence-electron chi connectivity index (χ1n) is 5.97. The normalized spacial score (nSPS) is 14.6. The zero-order chi connectivity index (χ0) is 13.0. The Balaban J connectivity index is 1.67. The lowest BCUT2D eigenvalue weighted by Crippen LogP contribution is -2.26. The average molecular weight is 288 g/mol. The molecule has 5 heteroatoms. The summed E-state index contributed by atoms with van der Waals surface area (Å²) in [6.07, 6.45) is 2.04. The van der Waals surface area contributed by atoms with Gasteiger partial charge >= 0.3 is 0 Å². The van der Waals surface area contributed by atoms with Gasteiger partial charge in [-0.1, -0.05) is 17.7 Å². The lowest BCUT2D eigenvalue weighted by Gasteiger charge is -2.06. The molecule has 0 unspecified atom stereocenters. The molecule has 1 fully saturated rings. The molecule has 1 aliphatic rings. The van der Waals surface area contributed by atoms with Crippen molar-refractivity contribution in [1.29, 1.82) is 0 Å². The van der Waals surface area contributed by atoms with Crippen LogP contribution in [0.1, 0.15) is 18.4 Å². The summed E-state index contributed by atoms with van der Waals surface area (Å²) in [6.45, 7) is 0.631. The van der Waals surface area contributed by atoms with E-state index in [0.717, 1.165) is 18.6 Å². The Labute approximate surface area is 115 Å². The van der Waals surface area contributed by atoms with Crippen LogP contribution >= 0.6 is 23.4 Å². The van der Waals surface area contributed by atoms with E-state index < -0.39 is 0 Å². The van der Waals surface area contributed by atoms with Gasteiger partial charge in [0, 0.05) is 34.6 Å². The van der Waals surface area contributed by atoms with E-state index in [0.29, 0.717) is 22.9 Å². The number of carbonyl (C=O) groups excluding carboxylic acids is 1. The molecule has 0 atom stereocenters. The van der Waals surface area contributed by atoms with Crippen LogP contribution in [0.25, 0.3) is 0 Å². The molecule has 18 heavy (non-hydrogen) atoms. The first-order chi connectivity index (χ1) is 8.68. The third kappa shape index (κ3) is 3.89. The Kier molecular flexibility index (Phi) is 4.89. The summed E-state index contributed by atoms with van der Waals surface area (Å²) in [6, 6.07) is 4.70.